The molecule has 0 aliphatic heterocycles. The van der Waals surface area contributed by atoms with E-state index >= 15 is 0 Å². The van der Waals surface area contributed by atoms with Crippen molar-refractivity contribution in [3.05, 3.63) is 30.1 Å². The van der Waals surface area contributed by atoms with Crippen molar-refractivity contribution in [3.8, 4) is 0 Å². The number of carboxylic acids is 1. The van der Waals surface area contributed by atoms with Gasteiger partial charge in [-0.2, -0.15) is 0 Å². The normalized spacial score (nSPS) is 13.6. The van der Waals surface area contributed by atoms with Gasteiger partial charge in [0.25, 0.3) is 0 Å². The molecule has 5 heteroatoms. The molecule has 0 aliphatic rings. The van der Waals surface area contributed by atoms with Crippen LogP contribution in [-0.2, 0) is 20.7 Å². The molecule has 104 valence electrons. The third-order valence-electron chi connectivity index (χ3n) is 3.24. The van der Waals surface area contributed by atoms with Crippen molar-refractivity contribution in [2.75, 3.05) is 6.61 Å². The van der Waals surface area contributed by atoms with Crippen molar-refractivity contribution in [1.82, 2.24) is 4.98 Å². The van der Waals surface area contributed by atoms with Crippen LogP contribution in [0.1, 0.15) is 32.3 Å². The van der Waals surface area contributed by atoms with Crippen LogP contribution >= 0.6 is 0 Å². The lowest BCUT2D eigenvalue weighted by Crippen LogP contribution is -2.40. The van der Waals surface area contributed by atoms with Gasteiger partial charge in [0.05, 0.1) is 6.61 Å². The smallest absolute Gasteiger partial charge is 0.323 e. The number of aliphatic carboxylic acids is 1. The van der Waals surface area contributed by atoms with Crippen LogP contribution in [0.5, 0.6) is 0 Å². The molecule has 1 rings (SSSR count). The number of carbonyl (C=O) groups excluding carboxylic acids is 1. The van der Waals surface area contributed by atoms with Gasteiger partial charge < -0.3 is 9.84 Å². The lowest BCUT2D eigenvalue weighted by molar-refractivity contribution is -0.169. The molecule has 0 aliphatic carbocycles. The van der Waals surface area contributed by atoms with Gasteiger partial charge in [0.15, 0.2) is 5.41 Å². The first-order valence-corrected chi connectivity index (χ1v) is 6.36. The second-order valence-electron chi connectivity index (χ2n) is 4.32. The standard InChI is InChI=1S/C14H19NO4/c1-3-14(12(16)17,13(18)19-4-2)8-7-11-6-5-9-15-10-11/h5-6,9-10H,3-4,7-8H2,1-2H3,(H,16,17). The monoisotopic (exact) mass is 265 g/mol. The van der Waals surface area contributed by atoms with Gasteiger partial charge >= 0.3 is 11.9 Å². The topological polar surface area (TPSA) is 76.5 Å². The van der Waals surface area contributed by atoms with Gasteiger partial charge in [0, 0.05) is 12.4 Å². The number of hydrogen-bond acceptors (Lipinski definition) is 4. The van der Waals surface area contributed by atoms with Crippen molar-refractivity contribution in [1.29, 1.82) is 0 Å². The van der Waals surface area contributed by atoms with E-state index in [1.807, 2.05) is 6.07 Å². The van der Waals surface area contributed by atoms with Crippen LogP contribution in [0.3, 0.4) is 0 Å². The third-order valence-corrected chi connectivity index (χ3v) is 3.24. The minimum Gasteiger partial charge on any atom is -0.480 e. The maximum Gasteiger partial charge on any atom is 0.323 e. The summed E-state index contributed by atoms with van der Waals surface area (Å²) in [5.41, 5.74) is -0.558. The summed E-state index contributed by atoms with van der Waals surface area (Å²) >= 11 is 0. The largest absolute Gasteiger partial charge is 0.480 e. The molecule has 1 unspecified atom stereocenters. The molecule has 0 saturated carbocycles. The Morgan fingerprint density at radius 2 is 2.16 bits per heavy atom. The molecular formula is C14H19NO4. The number of esters is 1. The van der Waals surface area contributed by atoms with E-state index in [1.54, 1.807) is 32.3 Å². The highest BCUT2D eigenvalue weighted by molar-refractivity contribution is 5.99. The predicted molar refractivity (Wildman–Crippen MR) is 69.6 cm³/mol. The molecule has 1 heterocycles. The summed E-state index contributed by atoms with van der Waals surface area (Å²) in [5.74, 6) is -1.79. The van der Waals surface area contributed by atoms with Gasteiger partial charge in [0.2, 0.25) is 0 Å². The Balaban J connectivity index is 2.86. The highest BCUT2D eigenvalue weighted by Gasteiger charge is 2.45. The van der Waals surface area contributed by atoms with E-state index in [0.717, 1.165) is 5.56 Å². The fourth-order valence-electron chi connectivity index (χ4n) is 1.94. The predicted octanol–water partition coefficient (Wildman–Crippen LogP) is 2.06. The van der Waals surface area contributed by atoms with Crippen molar-refractivity contribution < 1.29 is 19.4 Å². The van der Waals surface area contributed by atoms with Crippen LogP contribution in [-0.4, -0.2) is 28.6 Å². The average molecular weight is 265 g/mol. The van der Waals surface area contributed by atoms with Crippen LogP contribution in [0, 0.1) is 5.41 Å². The van der Waals surface area contributed by atoms with E-state index in [2.05, 4.69) is 4.98 Å². The molecule has 1 aromatic rings. The number of hydrogen-bond donors (Lipinski definition) is 1. The van der Waals surface area contributed by atoms with E-state index in [4.69, 9.17) is 4.74 Å². The number of nitrogens with zero attached hydrogens (tertiary/aromatic N) is 1. The zero-order chi connectivity index (χ0) is 14.3. The van der Waals surface area contributed by atoms with Crippen LogP contribution in [0.4, 0.5) is 0 Å². The summed E-state index contributed by atoms with van der Waals surface area (Å²) < 4.78 is 4.91. The van der Waals surface area contributed by atoms with Gasteiger partial charge in [-0.15, -0.1) is 0 Å². The Kier molecular flexibility index (Phi) is 5.48. The van der Waals surface area contributed by atoms with Crippen molar-refractivity contribution in [3.63, 3.8) is 0 Å². The number of carbonyl (C=O) groups is 2. The third kappa shape index (κ3) is 3.53. The zero-order valence-corrected chi connectivity index (χ0v) is 11.3. The van der Waals surface area contributed by atoms with E-state index in [9.17, 15) is 14.7 Å². The summed E-state index contributed by atoms with van der Waals surface area (Å²) in [6, 6.07) is 3.65. The second kappa shape index (κ2) is 6.87. The molecule has 1 N–H and O–H groups in total. The first kappa shape index (κ1) is 15.1. The molecule has 19 heavy (non-hydrogen) atoms. The molecule has 0 aromatic carbocycles. The highest BCUT2D eigenvalue weighted by Crippen LogP contribution is 2.30. The van der Waals surface area contributed by atoms with Gasteiger partial charge in [-0.1, -0.05) is 13.0 Å². The summed E-state index contributed by atoms with van der Waals surface area (Å²) in [6.07, 6.45) is 4.23. The molecule has 0 bridgehead atoms. The molecule has 0 radical (unpaired) electrons. The lowest BCUT2D eigenvalue weighted by Gasteiger charge is -2.25. The Hall–Kier alpha value is -1.91. The number of pyridine rings is 1. The number of carboxylic acid groups (broad SMARTS) is 1. The highest BCUT2D eigenvalue weighted by atomic mass is 16.5. The molecule has 5 nitrogen and oxygen atoms in total. The molecule has 0 amide bonds. The summed E-state index contributed by atoms with van der Waals surface area (Å²) in [5, 5.41) is 9.38. The van der Waals surface area contributed by atoms with E-state index in [1.165, 1.54) is 0 Å². The second-order valence-corrected chi connectivity index (χ2v) is 4.32. The maximum atomic E-state index is 11.9. The van der Waals surface area contributed by atoms with E-state index in [0.29, 0.717) is 6.42 Å². The average Bonchev–Trinajstić information content (AvgIpc) is 2.41. The van der Waals surface area contributed by atoms with Crippen LogP contribution in [0.25, 0.3) is 0 Å². The number of ether oxygens (including phenoxy) is 1. The van der Waals surface area contributed by atoms with E-state index in [-0.39, 0.29) is 19.4 Å². The minimum absolute atomic E-state index is 0.181. The fourth-order valence-corrected chi connectivity index (χ4v) is 1.94. The van der Waals surface area contributed by atoms with Crippen molar-refractivity contribution >= 4 is 11.9 Å². The molecule has 0 spiro atoms. The maximum absolute atomic E-state index is 11.9. The number of rotatable bonds is 7. The van der Waals surface area contributed by atoms with Crippen LogP contribution in [0.2, 0.25) is 0 Å². The molecular weight excluding hydrogens is 246 g/mol. The van der Waals surface area contributed by atoms with Gasteiger partial charge in [-0.05, 0) is 37.8 Å². The van der Waals surface area contributed by atoms with Crippen molar-refractivity contribution in [2.24, 2.45) is 5.41 Å². The summed E-state index contributed by atoms with van der Waals surface area (Å²) in [4.78, 5) is 27.4. The van der Waals surface area contributed by atoms with Crippen LogP contribution < -0.4 is 0 Å². The van der Waals surface area contributed by atoms with E-state index < -0.39 is 17.4 Å². The first-order valence-electron chi connectivity index (χ1n) is 6.36. The first-order chi connectivity index (χ1) is 9.06. The van der Waals surface area contributed by atoms with Crippen molar-refractivity contribution in [2.45, 2.75) is 33.1 Å². The molecule has 0 saturated heterocycles. The Morgan fingerprint density at radius 1 is 1.42 bits per heavy atom. The van der Waals surface area contributed by atoms with Gasteiger partial charge in [0.1, 0.15) is 0 Å². The molecule has 1 atom stereocenters. The number of aromatic nitrogens is 1. The SMILES string of the molecule is CCOC(=O)C(CC)(CCc1cccnc1)C(=O)O. The lowest BCUT2D eigenvalue weighted by atomic mass is 9.80. The molecule has 0 fully saturated rings. The van der Waals surface area contributed by atoms with Gasteiger partial charge in [-0.25, -0.2) is 0 Å². The van der Waals surface area contributed by atoms with Crippen LogP contribution in [0.15, 0.2) is 24.5 Å². The summed E-state index contributed by atoms with van der Waals surface area (Å²) in [6.45, 7) is 3.54. The Bertz CT molecular complexity index is 432. The Labute approximate surface area is 112 Å². The molecule has 1 aromatic heterocycles. The minimum atomic E-state index is -1.47. The zero-order valence-electron chi connectivity index (χ0n) is 11.3. The van der Waals surface area contributed by atoms with Gasteiger partial charge in [-0.3, -0.25) is 14.6 Å². The summed E-state index contributed by atoms with van der Waals surface area (Å²) in [7, 11) is 0. The quantitative estimate of drug-likeness (QED) is 0.603. The fraction of sp³-hybridized carbons (Fsp3) is 0.500. The number of aryl methyl sites for hydroxylation is 1. The Morgan fingerprint density at radius 3 is 2.63 bits per heavy atom.